The molecule has 6 heteroatoms. The van der Waals surface area contributed by atoms with Crippen LogP contribution >= 0.6 is 0 Å². The summed E-state index contributed by atoms with van der Waals surface area (Å²) in [5.74, 6) is -0.715. The zero-order valence-corrected chi connectivity index (χ0v) is 10.7. The summed E-state index contributed by atoms with van der Waals surface area (Å²) in [6.07, 6.45) is 1.30. The van der Waals surface area contributed by atoms with Gasteiger partial charge in [0.2, 0.25) is 0 Å². The van der Waals surface area contributed by atoms with E-state index >= 15 is 0 Å². The number of nitrogens with two attached hydrogens (primary N) is 1. The van der Waals surface area contributed by atoms with Crippen molar-refractivity contribution in [3.63, 3.8) is 0 Å². The smallest absolute Gasteiger partial charge is 0.337 e. The number of benzene rings is 1. The Balaban J connectivity index is 2.49. The number of aromatic nitrogens is 1. The number of nitriles is 1. The maximum atomic E-state index is 11.1. The Kier molecular flexibility index (Phi) is 3.53. The fourth-order valence-electron chi connectivity index (χ4n) is 1.81. The predicted molar refractivity (Wildman–Crippen MR) is 74.8 cm³/mol. The third kappa shape index (κ3) is 2.37. The topological polar surface area (TPSA) is 103 Å². The molecule has 0 fully saturated rings. The van der Waals surface area contributed by atoms with Crippen molar-refractivity contribution in [2.45, 2.75) is 0 Å². The van der Waals surface area contributed by atoms with E-state index in [1.54, 1.807) is 36.2 Å². The fraction of sp³-hybridized carbons (Fsp3) is 0.0714. The predicted octanol–water partition coefficient (Wildman–Crippen LogP) is 2.00. The number of para-hydroxylation sites is 1. The minimum Gasteiger partial charge on any atom is -0.478 e. The number of aromatic carboxylic acids is 1. The van der Waals surface area contributed by atoms with E-state index in [2.05, 4.69) is 11.1 Å². The van der Waals surface area contributed by atoms with E-state index < -0.39 is 5.97 Å². The number of carboxylic acid groups (broad SMARTS) is 1. The van der Waals surface area contributed by atoms with Crippen molar-refractivity contribution in [2.75, 3.05) is 17.7 Å². The summed E-state index contributed by atoms with van der Waals surface area (Å²) in [6.45, 7) is 0. The third-order valence-corrected chi connectivity index (χ3v) is 2.88. The summed E-state index contributed by atoms with van der Waals surface area (Å²) in [5, 5.41) is 18.2. The van der Waals surface area contributed by atoms with Crippen LogP contribution < -0.4 is 10.6 Å². The molecule has 1 heterocycles. The van der Waals surface area contributed by atoms with Crippen LogP contribution in [0.4, 0.5) is 17.2 Å². The van der Waals surface area contributed by atoms with E-state index in [-0.39, 0.29) is 11.3 Å². The van der Waals surface area contributed by atoms with Gasteiger partial charge in [-0.1, -0.05) is 12.1 Å². The third-order valence-electron chi connectivity index (χ3n) is 2.88. The molecule has 0 aliphatic rings. The van der Waals surface area contributed by atoms with Gasteiger partial charge in [-0.25, -0.2) is 9.78 Å². The van der Waals surface area contributed by atoms with Crippen molar-refractivity contribution in [1.82, 2.24) is 4.98 Å². The molecular formula is C14H12N4O2. The largest absolute Gasteiger partial charge is 0.478 e. The quantitative estimate of drug-likeness (QED) is 0.882. The summed E-state index contributed by atoms with van der Waals surface area (Å²) in [4.78, 5) is 16.8. The van der Waals surface area contributed by atoms with E-state index in [4.69, 9.17) is 16.1 Å². The molecule has 2 rings (SSSR count). The van der Waals surface area contributed by atoms with Crippen LogP contribution in [0.25, 0.3) is 0 Å². The first-order valence-corrected chi connectivity index (χ1v) is 5.76. The van der Waals surface area contributed by atoms with Gasteiger partial charge in [0.25, 0.3) is 0 Å². The van der Waals surface area contributed by atoms with Crippen molar-refractivity contribution < 1.29 is 9.90 Å². The SMILES string of the molecule is CN(c1cc(C(=O)O)c(N)cn1)c1ccccc1C#N. The van der Waals surface area contributed by atoms with Crippen LogP contribution in [0.1, 0.15) is 15.9 Å². The molecule has 1 aromatic carbocycles. The summed E-state index contributed by atoms with van der Waals surface area (Å²) in [7, 11) is 1.71. The molecule has 6 nitrogen and oxygen atoms in total. The van der Waals surface area contributed by atoms with Gasteiger partial charge < -0.3 is 15.7 Å². The zero-order valence-electron chi connectivity index (χ0n) is 10.7. The molecular weight excluding hydrogens is 256 g/mol. The van der Waals surface area contributed by atoms with Gasteiger partial charge in [0.15, 0.2) is 0 Å². The lowest BCUT2D eigenvalue weighted by molar-refractivity contribution is 0.0698. The number of hydrogen-bond donors (Lipinski definition) is 2. The van der Waals surface area contributed by atoms with Gasteiger partial charge in [0.05, 0.1) is 28.7 Å². The second-order valence-electron chi connectivity index (χ2n) is 4.12. The maximum Gasteiger partial charge on any atom is 0.337 e. The Morgan fingerprint density at radius 1 is 1.45 bits per heavy atom. The van der Waals surface area contributed by atoms with Gasteiger partial charge in [-0.2, -0.15) is 5.26 Å². The Hall–Kier alpha value is -3.07. The van der Waals surface area contributed by atoms with Crippen molar-refractivity contribution in [2.24, 2.45) is 0 Å². The molecule has 0 aliphatic heterocycles. The van der Waals surface area contributed by atoms with Gasteiger partial charge in [0.1, 0.15) is 11.9 Å². The average Bonchev–Trinajstić information content (AvgIpc) is 2.46. The van der Waals surface area contributed by atoms with Gasteiger partial charge in [-0.05, 0) is 18.2 Å². The maximum absolute atomic E-state index is 11.1. The number of nitrogens with zero attached hydrogens (tertiary/aromatic N) is 3. The monoisotopic (exact) mass is 268 g/mol. The molecule has 0 unspecified atom stereocenters. The number of anilines is 3. The number of rotatable bonds is 3. The lowest BCUT2D eigenvalue weighted by Crippen LogP contribution is -2.14. The van der Waals surface area contributed by atoms with Gasteiger partial charge in [-0.3, -0.25) is 0 Å². The molecule has 100 valence electrons. The highest BCUT2D eigenvalue weighted by Gasteiger charge is 2.14. The Bertz CT molecular complexity index is 707. The first-order valence-electron chi connectivity index (χ1n) is 5.76. The van der Waals surface area contributed by atoms with E-state index in [0.29, 0.717) is 17.1 Å². The molecule has 2 aromatic rings. The second kappa shape index (κ2) is 5.28. The molecule has 1 aromatic heterocycles. The van der Waals surface area contributed by atoms with Crippen LogP contribution in [0, 0.1) is 11.3 Å². The molecule has 0 radical (unpaired) electrons. The number of carbonyl (C=O) groups is 1. The van der Waals surface area contributed by atoms with Gasteiger partial charge in [-0.15, -0.1) is 0 Å². The number of carboxylic acids is 1. The highest BCUT2D eigenvalue weighted by molar-refractivity contribution is 5.94. The lowest BCUT2D eigenvalue weighted by Gasteiger charge is -2.20. The van der Waals surface area contributed by atoms with Gasteiger partial charge in [0, 0.05) is 7.05 Å². The molecule has 0 bridgehead atoms. The van der Waals surface area contributed by atoms with Crippen molar-refractivity contribution in [3.8, 4) is 6.07 Å². The molecule has 0 saturated carbocycles. The highest BCUT2D eigenvalue weighted by atomic mass is 16.4. The van der Waals surface area contributed by atoms with Crippen molar-refractivity contribution >= 4 is 23.2 Å². The van der Waals surface area contributed by atoms with E-state index in [1.807, 2.05) is 0 Å². The molecule has 3 N–H and O–H groups in total. The Morgan fingerprint density at radius 3 is 2.80 bits per heavy atom. The first-order chi connectivity index (χ1) is 9.54. The van der Waals surface area contributed by atoms with Crippen LogP contribution in [0.15, 0.2) is 36.5 Å². The van der Waals surface area contributed by atoms with Crippen LogP contribution in [0.3, 0.4) is 0 Å². The van der Waals surface area contributed by atoms with Crippen LogP contribution in [0.5, 0.6) is 0 Å². The molecule has 0 aliphatic carbocycles. The molecule has 20 heavy (non-hydrogen) atoms. The summed E-state index contributed by atoms with van der Waals surface area (Å²) in [6, 6.07) is 10.5. The van der Waals surface area contributed by atoms with E-state index in [9.17, 15) is 4.79 Å². The van der Waals surface area contributed by atoms with Crippen molar-refractivity contribution in [1.29, 1.82) is 5.26 Å². The number of hydrogen-bond acceptors (Lipinski definition) is 5. The summed E-state index contributed by atoms with van der Waals surface area (Å²) in [5.41, 5.74) is 6.77. The van der Waals surface area contributed by atoms with Crippen LogP contribution in [0.2, 0.25) is 0 Å². The molecule has 0 spiro atoms. The lowest BCUT2D eigenvalue weighted by atomic mass is 10.1. The Labute approximate surface area is 115 Å². The first kappa shape index (κ1) is 13.4. The van der Waals surface area contributed by atoms with E-state index in [1.165, 1.54) is 12.3 Å². The fourth-order valence-corrected chi connectivity index (χ4v) is 1.81. The normalized spacial score (nSPS) is 9.80. The number of pyridine rings is 1. The molecule has 0 saturated heterocycles. The summed E-state index contributed by atoms with van der Waals surface area (Å²) < 4.78 is 0. The molecule has 0 amide bonds. The minimum absolute atomic E-state index is 0.0173. The van der Waals surface area contributed by atoms with Crippen LogP contribution in [-0.4, -0.2) is 23.1 Å². The number of nitrogen functional groups attached to an aromatic ring is 1. The van der Waals surface area contributed by atoms with Crippen molar-refractivity contribution in [3.05, 3.63) is 47.7 Å². The average molecular weight is 268 g/mol. The van der Waals surface area contributed by atoms with Crippen LogP contribution in [-0.2, 0) is 0 Å². The Morgan fingerprint density at radius 2 is 2.15 bits per heavy atom. The second-order valence-corrected chi connectivity index (χ2v) is 4.12. The molecule has 0 atom stereocenters. The highest BCUT2D eigenvalue weighted by Crippen LogP contribution is 2.26. The minimum atomic E-state index is -1.12. The summed E-state index contributed by atoms with van der Waals surface area (Å²) >= 11 is 0. The van der Waals surface area contributed by atoms with Gasteiger partial charge >= 0.3 is 5.97 Å². The van der Waals surface area contributed by atoms with E-state index in [0.717, 1.165) is 0 Å². The standard InChI is InChI=1S/C14H12N4O2/c1-18(12-5-3-2-4-9(12)7-15)13-6-10(14(19)20)11(16)8-17-13/h2-6,8H,16H2,1H3,(H,19,20). The zero-order chi connectivity index (χ0) is 14.7.